The summed E-state index contributed by atoms with van der Waals surface area (Å²) in [6.07, 6.45) is 0.841. The van der Waals surface area contributed by atoms with Crippen LogP contribution in [0.15, 0.2) is 59.5 Å². The summed E-state index contributed by atoms with van der Waals surface area (Å²) in [6, 6.07) is 16.4. The third kappa shape index (κ3) is 3.59. The quantitative estimate of drug-likeness (QED) is 0.842. The molecule has 0 aliphatic heterocycles. The summed E-state index contributed by atoms with van der Waals surface area (Å²) < 4.78 is 0. The van der Waals surface area contributed by atoms with E-state index in [1.54, 1.807) is 36.0 Å². The summed E-state index contributed by atoms with van der Waals surface area (Å²) in [6.45, 7) is 0. The molecule has 4 heteroatoms. The minimum atomic E-state index is -1.15. The minimum absolute atomic E-state index is 0.428. The maximum absolute atomic E-state index is 11.9. The Hall–Kier alpha value is -1.78. The van der Waals surface area contributed by atoms with E-state index in [4.69, 9.17) is 0 Å². The predicted octanol–water partition coefficient (Wildman–Crippen LogP) is 3.08. The first kappa shape index (κ1) is 13.6. The fraction of sp³-hybridized carbons (Fsp3) is 0.133. The van der Waals surface area contributed by atoms with Crippen LogP contribution >= 0.6 is 11.8 Å². The van der Waals surface area contributed by atoms with E-state index in [0.29, 0.717) is 11.3 Å². The van der Waals surface area contributed by atoms with Crippen molar-refractivity contribution in [3.05, 3.63) is 60.2 Å². The van der Waals surface area contributed by atoms with Gasteiger partial charge in [-0.05, 0) is 36.1 Å². The number of hydrogen-bond donors (Lipinski definition) is 2. The van der Waals surface area contributed by atoms with Crippen molar-refractivity contribution in [2.75, 3.05) is 11.6 Å². The SMILES string of the molecule is CSc1ccc(NC(=O)C(O)c2ccccc2)cc1. The van der Waals surface area contributed by atoms with Crippen LogP contribution in [0, 0.1) is 0 Å². The first-order valence-electron chi connectivity index (χ1n) is 5.88. The molecule has 0 radical (unpaired) electrons. The molecule has 3 nitrogen and oxygen atoms in total. The zero-order valence-corrected chi connectivity index (χ0v) is 11.4. The van der Waals surface area contributed by atoms with Gasteiger partial charge < -0.3 is 10.4 Å². The summed E-state index contributed by atoms with van der Waals surface area (Å²) in [5.41, 5.74) is 1.26. The van der Waals surface area contributed by atoms with Gasteiger partial charge in [0.2, 0.25) is 0 Å². The Morgan fingerprint density at radius 2 is 1.74 bits per heavy atom. The zero-order valence-electron chi connectivity index (χ0n) is 10.5. The first-order valence-corrected chi connectivity index (χ1v) is 7.11. The maximum atomic E-state index is 11.9. The summed E-state index contributed by atoms with van der Waals surface area (Å²) in [4.78, 5) is 13.0. The number of aliphatic hydroxyl groups is 1. The Labute approximate surface area is 116 Å². The van der Waals surface area contributed by atoms with Crippen molar-refractivity contribution in [2.24, 2.45) is 0 Å². The molecule has 0 heterocycles. The summed E-state index contributed by atoms with van der Waals surface area (Å²) in [5, 5.41) is 12.6. The third-order valence-electron chi connectivity index (χ3n) is 2.72. The highest BCUT2D eigenvalue weighted by atomic mass is 32.2. The Morgan fingerprint density at radius 1 is 1.11 bits per heavy atom. The molecule has 0 saturated heterocycles. The number of rotatable bonds is 4. The van der Waals surface area contributed by atoms with Gasteiger partial charge in [0.1, 0.15) is 0 Å². The second kappa shape index (κ2) is 6.41. The number of aliphatic hydroxyl groups excluding tert-OH is 1. The van der Waals surface area contributed by atoms with Gasteiger partial charge in [-0.15, -0.1) is 11.8 Å². The van der Waals surface area contributed by atoms with Gasteiger partial charge in [0, 0.05) is 10.6 Å². The number of carbonyl (C=O) groups is 1. The molecule has 19 heavy (non-hydrogen) atoms. The van der Waals surface area contributed by atoms with E-state index in [0.717, 1.165) is 4.90 Å². The van der Waals surface area contributed by atoms with Gasteiger partial charge in [-0.25, -0.2) is 0 Å². The van der Waals surface area contributed by atoms with Crippen LogP contribution in [0.2, 0.25) is 0 Å². The van der Waals surface area contributed by atoms with Crippen LogP contribution in [0.5, 0.6) is 0 Å². The lowest BCUT2D eigenvalue weighted by Crippen LogP contribution is -2.20. The smallest absolute Gasteiger partial charge is 0.257 e. The molecule has 98 valence electrons. The van der Waals surface area contributed by atoms with Crippen molar-refractivity contribution in [1.29, 1.82) is 0 Å². The largest absolute Gasteiger partial charge is 0.378 e. The van der Waals surface area contributed by atoms with E-state index < -0.39 is 12.0 Å². The van der Waals surface area contributed by atoms with Gasteiger partial charge in [0.15, 0.2) is 6.10 Å². The van der Waals surface area contributed by atoms with Gasteiger partial charge in [-0.2, -0.15) is 0 Å². The third-order valence-corrected chi connectivity index (χ3v) is 3.46. The lowest BCUT2D eigenvalue weighted by molar-refractivity contribution is -0.124. The van der Waals surface area contributed by atoms with Crippen molar-refractivity contribution in [3.63, 3.8) is 0 Å². The normalized spacial score (nSPS) is 11.9. The average molecular weight is 273 g/mol. The summed E-state index contributed by atoms with van der Waals surface area (Å²) >= 11 is 1.64. The molecule has 1 atom stereocenters. The lowest BCUT2D eigenvalue weighted by atomic mass is 10.1. The number of carbonyl (C=O) groups excluding carboxylic acids is 1. The number of benzene rings is 2. The second-order valence-corrected chi connectivity index (χ2v) is 4.91. The molecule has 2 aromatic rings. The fourth-order valence-electron chi connectivity index (χ4n) is 1.67. The molecule has 0 aromatic heterocycles. The van der Waals surface area contributed by atoms with E-state index in [-0.39, 0.29) is 0 Å². The topological polar surface area (TPSA) is 49.3 Å². The van der Waals surface area contributed by atoms with Crippen molar-refractivity contribution >= 4 is 23.4 Å². The standard InChI is InChI=1S/C15H15NO2S/c1-19-13-9-7-12(8-10-13)16-15(18)14(17)11-5-3-2-4-6-11/h2-10,14,17H,1H3,(H,16,18). The number of amides is 1. The zero-order chi connectivity index (χ0) is 13.7. The summed E-state index contributed by atoms with van der Waals surface area (Å²) in [7, 11) is 0. The highest BCUT2D eigenvalue weighted by Gasteiger charge is 2.16. The number of thioether (sulfide) groups is 1. The molecule has 2 N–H and O–H groups in total. The maximum Gasteiger partial charge on any atom is 0.257 e. The molecule has 1 amide bonds. The Kier molecular flexibility index (Phi) is 4.60. The van der Waals surface area contributed by atoms with E-state index in [9.17, 15) is 9.90 Å². The van der Waals surface area contributed by atoms with E-state index in [1.807, 2.05) is 36.6 Å². The van der Waals surface area contributed by atoms with Crippen LogP contribution in [0.3, 0.4) is 0 Å². The lowest BCUT2D eigenvalue weighted by Gasteiger charge is -2.11. The molecule has 0 spiro atoms. The molecule has 1 unspecified atom stereocenters. The number of anilines is 1. The predicted molar refractivity (Wildman–Crippen MR) is 78.3 cm³/mol. The van der Waals surface area contributed by atoms with Crippen LogP contribution in [0.1, 0.15) is 11.7 Å². The Bertz CT molecular complexity index is 540. The highest BCUT2D eigenvalue weighted by Crippen LogP contribution is 2.19. The first-order chi connectivity index (χ1) is 9.20. The van der Waals surface area contributed by atoms with Crippen LogP contribution in [-0.4, -0.2) is 17.3 Å². The van der Waals surface area contributed by atoms with E-state index in [1.165, 1.54) is 0 Å². The molecule has 0 saturated carbocycles. The van der Waals surface area contributed by atoms with Gasteiger partial charge in [-0.1, -0.05) is 30.3 Å². The molecule has 2 aromatic carbocycles. The van der Waals surface area contributed by atoms with Crippen molar-refractivity contribution in [3.8, 4) is 0 Å². The molecule has 0 aliphatic rings. The number of hydrogen-bond acceptors (Lipinski definition) is 3. The van der Waals surface area contributed by atoms with Crippen LogP contribution in [0.25, 0.3) is 0 Å². The van der Waals surface area contributed by atoms with Crippen molar-refractivity contribution in [1.82, 2.24) is 0 Å². The van der Waals surface area contributed by atoms with Crippen LogP contribution in [0.4, 0.5) is 5.69 Å². The molecule has 2 rings (SSSR count). The monoisotopic (exact) mass is 273 g/mol. The molecular formula is C15H15NO2S. The molecular weight excluding hydrogens is 258 g/mol. The van der Waals surface area contributed by atoms with Crippen molar-refractivity contribution in [2.45, 2.75) is 11.0 Å². The van der Waals surface area contributed by atoms with Crippen LogP contribution in [-0.2, 0) is 4.79 Å². The molecule has 0 aliphatic carbocycles. The average Bonchev–Trinajstić information content (AvgIpc) is 2.48. The number of nitrogens with one attached hydrogen (secondary N) is 1. The molecule has 0 bridgehead atoms. The second-order valence-electron chi connectivity index (χ2n) is 4.03. The van der Waals surface area contributed by atoms with Crippen LogP contribution < -0.4 is 5.32 Å². The fourth-order valence-corrected chi connectivity index (χ4v) is 2.08. The van der Waals surface area contributed by atoms with E-state index in [2.05, 4.69) is 5.32 Å². The van der Waals surface area contributed by atoms with Gasteiger partial charge >= 0.3 is 0 Å². The summed E-state index contributed by atoms with van der Waals surface area (Å²) in [5.74, 6) is -0.428. The van der Waals surface area contributed by atoms with E-state index >= 15 is 0 Å². The van der Waals surface area contributed by atoms with Crippen molar-refractivity contribution < 1.29 is 9.90 Å². The van der Waals surface area contributed by atoms with Gasteiger partial charge in [-0.3, -0.25) is 4.79 Å². The Morgan fingerprint density at radius 3 is 2.32 bits per heavy atom. The molecule has 0 fully saturated rings. The Balaban J connectivity index is 2.04. The highest BCUT2D eigenvalue weighted by molar-refractivity contribution is 7.98. The van der Waals surface area contributed by atoms with Gasteiger partial charge in [0.05, 0.1) is 0 Å². The minimum Gasteiger partial charge on any atom is -0.378 e. The van der Waals surface area contributed by atoms with Gasteiger partial charge in [0.25, 0.3) is 5.91 Å².